The van der Waals surface area contributed by atoms with E-state index in [2.05, 4.69) is 5.32 Å². The van der Waals surface area contributed by atoms with E-state index in [9.17, 15) is 18.8 Å². The molecule has 2 aromatic rings. The number of carboxylic acids is 1. The lowest BCUT2D eigenvalue weighted by molar-refractivity contribution is -0.136. The SMILES string of the molecule is O=C(O)Cc1ccc(NC2CC(=O)N(c3ccc(F)c(Cl)c3)C2=O)cc1. The Morgan fingerprint density at radius 2 is 1.92 bits per heavy atom. The first kappa shape index (κ1) is 17.9. The molecule has 0 aromatic heterocycles. The third-order valence-corrected chi connectivity index (χ3v) is 4.25. The standard InChI is InChI=1S/C18H14ClFN2O4/c19-13-8-12(5-6-14(13)20)22-16(23)9-15(18(22)26)21-11-3-1-10(2-4-11)7-17(24)25/h1-6,8,15,21H,7,9H2,(H,24,25). The van der Waals surface area contributed by atoms with Gasteiger partial charge >= 0.3 is 5.97 Å². The summed E-state index contributed by atoms with van der Waals surface area (Å²) in [7, 11) is 0. The largest absolute Gasteiger partial charge is 0.481 e. The summed E-state index contributed by atoms with van der Waals surface area (Å²) in [5, 5.41) is 11.6. The Kier molecular flexibility index (Phi) is 4.90. The molecule has 134 valence electrons. The third-order valence-electron chi connectivity index (χ3n) is 3.96. The van der Waals surface area contributed by atoms with Crippen LogP contribution in [0.1, 0.15) is 12.0 Å². The molecule has 26 heavy (non-hydrogen) atoms. The van der Waals surface area contributed by atoms with Crippen molar-refractivity contribution in [2.75, 3.05) is 10.2 Å². The number of halogens is 2. The van der Waals surface area contributed by atoms with Crippen molar-refractivity contribution in [1.29, 1.82) is 0 Å². The van der Waals surface area contributed by atoms with Gasteiger partial charge in [-0.25, -0.2) is 9.29 Å². The van der Waals surface area contributed by atoms with E-state index >= 15 is 0 Å². The molecule has 0 saturated carbocycles. The van der Waals surface area contributed by atoms with Crippen LogP contribution < -0.4 is 10.2 Å². The first-order valence-electron chi connectivity index (χ1n) is 7.74. The summed E-state index contributed by atoms with van der Waals surface area (Å²) in [4.78, 5) is 36.4. The van der Waals surface area contributed by atoms with Gasteiger partial charge in [0, 0.05) is 5.69 Å². The lowest BCUT2D eigenvalue weighted by Crippen LogP contribution is -2.34. The molecule has 2 amide bonds. The minimum Gasteiger partial charge on any atom is -0.481 e. The van der Waals surface area contributed by atoms with Gasteiger partial charge in [0.05, 0.1) is 23.6 Å². The number of carboxylic acid groups (broad SMARTS) is 1. The molecule has 1 fully saturated rings. The number of carbonyl (C=O) groups is 3. The van der Waals surface area contributed by atoms with E-state index in [1.807, 2.05) is 0 Å². The highest BCUT2D eigenvalue weighted by Crippen LogP contribution is 2.28. The van der Waals surface area contributed by atoms with Gasteiger partial charge in [-0.1, -0.05) is 23.7 Å². The predicted octanol–water partition coefficient (Wildman–Crippen LogP) is 2.85. The van der Waals surface area contributed by atoms with Crippen LogP contribution in [0.2, 0.25) is 5.02 Å². The summed E-state index contributed by atoms with van der Waals surface area (Å²) >= 11 is 5.72. The average Bonchev–Trinajstić information content (AvgIpc) is 2.85. The van der Waals surface area contributed by atoms with E-state index in [1.165, 1.54) is 12.1 Å². The lowest BCUT2D eigenvalue weighted by Gasteiger charge is -2.16. The van der Waals surface area contributed by atoms with Crippen molar-refractivity contribution >= 4 is 40.8 Å². The number of carbonyl (C=O) groups excluding carboxylic acids is 2. The highest BCUT2D eigenvalue weighted by molar-refractivity contribution is 6.31. The van der Waals surface area contributed by atoms with Crippen molar-refractivity contribution in [3.8, 4) is 0 Å². The molecule has 3 rings (SSSR count). The van der Waals surface area contributed by atoms with Crippen LogP contribution in [0.3, 0.4) is 0 Å². The highest BCUT2D eigenvalue weighted by atomic mass is 35.5. The number of amides is 2. The molecule has 1 saturated heterocycles. The third kappa shape index (κ3) is 3.67. The molecular formula is C18H14ClFN2O4. The van der Waals surface area contributed by atoms with Crippen LogP contribution >= 0.6 is 11.6 Å². The van der Waals surface area contributed by atoms with Gasteiger partial charge < -0.3 is 10.4 Å². The maximum absolute atomic E-state index is 13.3. The Bertz CT molecular complexity index is 885. The van der Waals surface area contributed by atoms with Crippen molar-refractivity contribution in [3.05, 3.63) is 58.9 Å². The molecule has 1 atom stereocenters. The van der Waals surface area contributed by atoms with E-state index in [-0.39, 0.29) is 23.6 Å². The summed E-state index contributed by atoms with van der Waals surface area (Å²) in [5.74, 6) is -2.45. The van der Waals surface area contributed by atoms with E-state index in [0.29, 0.717) is 11.3 Å². The van der Waals surface area contributed by atoms with Gasteiger partial charge in [-0.15, -0.1) is 0 Å². The first-order chi connectivity index (χ1) is 12.3. The minimum atomic E-state index is -0.934. The molecule has 8 heteroatoms. The minimum absolute atomic E-state index is 0.0509. The monoisotopic (exact) mass is 376 g/mol. The van der Waals surface area contributed by atoms with Crippen LogP contribution in [0.4, 0.5) is 15.8 Å². The lowest BCUT2D eigenvalue weighted by atomic mass is 10.1. The highest BCUT2D eigenvalue weighted by Gasteiger charge is 2.39. The van der Waals surface area contributed by atoms with Gasteiger partial charge in [-0.05, 0) is 35.9 Å². The number of imide groups is 1. The average molecular weight is 377 g/mol. The van der Waals surface area contributed by atoms with Crippen molar-refractivity contribution in [2.45, 2.75) is 18.9 Å². The number of aliphatic carboxylic acids is 1. The number of benzene rings is 2. The fraction of sp³-hybridized carbons (Fsp3) is 0.167. The predicted molar refractivity (Wildman–Crippen MR) is 93.7 cm³/mol. The first-order valence-corrected chi connectivity index (χ1v) is 8.12. The van der Waals surface area contributed by atoms with Gasteiger partial charge in [0.15, 0.2) is 0 Å². The second-order valence-corrected chi connectivity index (χ2v) is 6.24. The van der Waals surface area contributed by atoms with E-state index in [1.54, 1.807) is 24.3 Å². The summed E-state index contributed by atoms with van der Waals surface area (Å²) < 4.78 is 13.3. The zero-order valence-corrected chi connectivity index (χ0v) is 14.2. The van der Waals surface area contributed by atoms with Crippen LogP contribution in [-0.4, -0.2) is 28.9 Å². The topological polar surface area (TPSA) is 86.7 Å². The van der Waals surface area contributed by atoms with E-state index in [0.717, 1.165) is 11.0 Å². The van der Waals surface area contributed by atoms with Crippen molar-refractivity contribution < 1.29 is 23.9 Å². The van der Waals surface area contributed by atoms with Crippen LogP contribution in [0.5, 0.6) is 0 Å². The summed E-state index contributed by atoms with van der Waals surface area (Å²) in [6.07, 6.45) is -0.148. The number of nitrogens with zero attached hydrogens (tertiary/aromatic N) is 1. The molecule has 1 aliphatic heterocycles. The Morgan fingerprint density at radius 3 is 2.54 bits per heavy atom. The molecule has 0 aliphatic carbocycles. The molecule has 6 nitrogen and oxygen atoms in total. The molecule has 0 bridgehead atoms. The quantitative estimate of drug-likeness (QED) is 0.783. The van der Waals surface area contributed by atoms with Crippen LogP contribution in [-0.2, 0) is 20.8 Å². The van der Waals surface area contributed by atoms with E-state index < -0.39 is 29.6 Å². The summed E-state index contributed by atoms with van der Waals surface area (Å²) in [6, 6.07) is 9.44. The van der Waals surface area contributed by atoms with Gasteiger partial charge in [-0.3, -0.25) is 14.4 Å². The Labute approximate surface area is 153 Å². The molecule has 1 aliphatic rings. The second-order valence-electron chi connectivity index (χ2n) is 5.83. The van der Waals surface area contributed by atoms with Gasteiger partial charge in [0.1, 0.15) is 11.9 Å². The number of hydrogen-bond acceptors (Lipinski definition) is 4. The van der Waals surface area contributed by atoms with Crippen LogP contribution in [0.15, 0.2) is 42.5 Å². The van der Waals surface area contributed by atoms with Crippen LogP contribution in [0.25, 0.3) is 0 Å². The van der Waals surface area contributed by atoms with E-state index in [4.69, 9.17) is 16.7 Å². The summed E-state index contributed by atoms with van der Waals surface area (Å²) in [6.45, 7) is 0. The zero-order chi connectivity index (χ0) is 18.8. The van der Waals surface area contributed by atoms with Crippen molar-refractivity contribution in [2.24, 2.45) is 0 Å². The summed E-state index contributed by atoms with van der Waals surface area (Å²) in [5.41, 5.74) is 1.43. The Hall–Kier alpha value is -2.93. The Morgan fingerprint density at radius 1 is 1.23 bits per heavy atom. The molecule has 0 radical (unpaired) electrons. The zero-order valence-electron chi connectivity index (χ0n) is 13.4. The molecule has 1 unspecified atom stereocenters. The fourth-order valence-corrected chi connectivity index (χ4v) is 2.91. The molecule has 0 spiro atoms. The Balaban J connectivity index is 1.74. The molecule has 1 heterocycles. The van der Waals surface area contributed by atoms with Gasteiger partial charge in [0.2, 0.25) is 5.91 Å². The van der Waals surface area contributed by atoms with Gasteiger partial charge in [0.25, 0.3) is 5.91 Å². The maximum atomic E-state index is 13.3. The normalized spacial score (nSPS) is 16.8. The number of rotatable bonds is 5. The molecule has 2 aromatic carbocycles. The second kappa shape index (κ2) is 7.13. The fourth-order valence-electron chi connectivity index (χ4n) is 2.73. The maximum Gasteiger partial charge on any atom is 0.307 e. The van der Waals surface area contributed by atoms with Crippen LogP contribution in [0, 0.1) is 5.82 Å². The molecule has 2 N–H and O–H groups in total. The smallest absolute Gasteiger partial charge is 0.307 e. The number of hydrogen-bond donors (Lipinski definition) is 2. The van der Waals surface area contributed by atoms with Crippen molar-refractivity contribution in [3.63, 3.8) is 0 Å². The van der Waals surface area contributed by atoms with Gasteiger partial charge in [-0.2, -0.15) is 0 Å². The number of anilines is 2. The number of nitrogens with one attached hydrogen (secondary N) is 1. The molecular weight excluding hydrogens is 363 g/mol. The van der Waals surface area contributed by atoms with Crippen molar-refractivity contribution in [1.82, 2.24) is 0 Å².